The number of aromatic nitrogens is 2. The minimum atomic E-state index is -0.171. The number of methoxy groups -OCH3 is 1. The predicted molar refractivity (Wildman–Crippen MR) is 78.5 cm³/mol. The van der Waals surface area contributed by atoms with Gasteiger partial charge >= 0.3 is 0 Å². The third-order valence-electron chi connectivity index (χ3n) is 3.11. The molecule has 20 heavy (non-hydrogen) atoms. The molecule has 1 N–H and O–H groups in total. The predicted octanol–water partition coefficient (Wildman–Crippen LogP) is 2.74. The summed E-state index contributed by atoms with van der Waals surface area (Å²) in [4.78, 5) is 18.9. The largest absolute Gasteiger partial charge is 0.378 e. The molecular formula is C16H14N2O2. The maximum Gasteiger partial charge on any atom is 0.251 e. The van der Waals surface area contributed by atoms with E-state index in [0.29, 0.717) is 18.1 Å². The minimum Gasteiger partial charge on any atom is -0.378 e. The molecule has 0 atom stereocenters. The molecule has 0 aliphatic carbocycles. The first-order valence-corrected chi connectivity index (χ1v) is 6.34. The van der Waals surface area contributed by atoms with Crippen molar-refractivity contribution in [2.45, 2.75) is 6.61 Å². The topological polar surface area (TPSA) is 55.0 Å². The molecule has 4 heteroatoms. The van der Waals surface area contributed by atoms with Crippen LogP contribution >= 0.6 is 0 Å². The first-order valence-electron chi connectivity index (χ1n) is 6.34. The van der Waals surface area contributed by atoms with Gasteiger partial charge in [0.1, 0.15) is 5.82 Å². The van der Waals surface area contributed by atoms with E-state index in [9.17, 15) is 4.79 Å². The van der Waals surface area contributed by atoms with Gasteiger partial charge in [-0.25, -0.2) is 4.98 Å². The Morgan fingerprint density at radius 3 is 2.70 bits per heavy atom. The number of H-pyrrole nitrogens is 1. The monoisotopic (exact) mass is 266 g/mol. The first kappa shape index (κ1) is 12.6. The Hall–Kier alpha value is -2.46. The molecular weight excluding hydrogens is 252 g/mol. The zero-order valence-electron chi connectivity index (χ0n) is 11.1. The third kappa shape index (κ3) is 2.46. The van der Waals surface area contributed by atoms with Crippen LogP contribution in [-0.4, -0.2) is 17.1 Å². The quantitative estimate of drug-likeness (QED) is 0.793. The van der Waals surface area contributed by atoms with Crippen LogP contribution < -0.4 is 5.56 Å². The van der Waals surface area contributed by atoms with Crippen molar-refractivity contribution in [1.29, 1.82) is 0 Å². The molecule has 0 amide bonds. The number of rotatable bonds is 3. The molecule has 3 rings (SSSR count). The lowest BCUT2D eigenvalue weighted by Crippen LogP contribution is -2.10. The second kappa shape index (κ2) is 5.27. The Bertz CT molecular complexity index is 809. The zero-order chi connectivity index (χ0) is 13.9. The smallest absolute Gasteiger partial charge is 0.251 e. The van der Waals surface area contributed by atoms with E-state index in [1.165, 1.54) is 6.07 Å². The molecule has 0 radical (unpaired) electrons. The fourth-order valence-electron chi connectivity index (χ4n) is 2.20. The molecule has 100 valence electrons. The number of hydrogen-bond donors (Lipinski definition) is 1. The molecule has 0 saturated carbocycles. The van der Waals surface area contributed by atoms with E-state index < -0.39 is 0 Å². The Morgan fingerprint density at radius 1 is 1.10 bits per heavy atom. The van der Waals surface area contributed by atoms with Crippen molar-refractivity contribution in [3.8, 4) is 11.4 Å². The summed E-state index contributed by atoms with van der Waals surface area (Å²) in [5.41, 5.74) is 1.34. The molecule has 0 aliphatic rings. The van der Waals surface area contributed by atoms with Crippen LogP contribution in [0.4, 0.5) is 0 Å². The van der Waals surface area contributed by atoms with Gasteiger partial charge in [-0.2, -0.15) is 0 Å². The Kier molecular flexibility index (Phi) is 3.31. The lowest BCUT2D eigenvalue weighted by atomic mass is 10.1. The number of nitrogens with zero attached hydrogens (tertiary/aromatic N) is 1. The molecule has 1 heterocycles. The number of ether oxygens (including phenoxy) is 1. The van der Waals surface area contributed by atoms with Crippen molar-refractivity contribution in [3.63, 3.8) is 0 Å². The highest BCUT2D eigenvalue weighted by Gasteiger charge is 2.05. The second-order valence-electron chi connectivity index (χ2n) is 4.58. The SMILES string of the molecule is COCc1cc(=O)[nH]c(-c2ccc3ccccc3c2)n1. The van der Waals surface area contributed by atoms with E-state index in [4.69, 9.17) is 4.74 Å². The highest BCUT2D eigenvalue weighted by Crippen LogP contribution is 2.21. The van der Waals surface area contributed by atoms with Gasteiger partial charge in [0, 0.05) is 18.7 Å². The van der Waals surface area contributed by atoms with Crippen molar-refractivity contribution in [3.05, 3.63) is 64.6 Å². The number of aromatic amines is 1. The van der Waals surface area contributed by atoms with E-state index >= 15 is 0 Å². The standard InChI is InChI=1S/C16H14N2O2/c1-20-10-14-9-15(19)18-16(17-14)13-7-6-11-4-2-3-5-12(11)8-13/h2-9H,10H2,1H3,(H,17,18,19). The number of hydrogen-bond acceptors (Lipinski definition) is 3. The Morgan fingerprint density at radius 2 is 1.90 bits per heavy atom. The molecule has 1 aromatic heterocycles. The third-order valence-corrected chi connectivity index (χ3v) is 3.11. The van der Waals surface area contributed by atoms with Crippen LogP contribution in [0.5, 0.6) is 0 Å². The van der Waals surface area contributed by atoms with Crippen LogP contribution in [0.1, 0.15) is 5.69 Å². The van der Waals surface area contributed by atoms with Crippen molar-refractivity contribution < 1.29 is 4.74 Å². The van der Waals surface area contributed by atoms with Gasteiger partial charge in [-0.3, -0.25) is 4.79 Å². The summed E-state index contributed by atoms with van der Waals surface area (Å²) >= 11 is 0. The summed E-state index contributed by atoms with van der Waals surface area (Å²) in [5, 5.41) is 2.27. The van der Waals surface area contributed by atoms with Gasteiger partial charge in [-0.1, -0.05) is 36.4 Å². The highest BCUT2D eigenvalue weighted by atomic mass is 16.5. The van der Waals surface area contributed by atoms with Gasteiger partial charge in [0.2, 0.25) is 0 Å². The molecule has 0 fully saturated rings. The van der Waals surface area contributed by atoms with Crippen LogP contribution in [0.2, 0.25) is 0 Å². The summed E-state index contributed by atoms with van der Waals surface area (Å²) in [5.74, 6) is 0.565. The molecule has 0 bridgehead atoms. The lowest BCUT2D eigenvalue weighted by Gasteiger charge is -2.05. The van der Waals surface area contributed by atoms with Crippen molar-refractivity contribution in [1.82, 2.24) is 9.97 Å². The average molecular weight is 266 g/mol. The number of nitrogens with one attached hydrogen (secondary N) is 1. The van der Waals surface area contributed by atoms with E-state index in [1.54, 1.807) is 7.11 Å². The summed E-state index contributed by atoms with van der Waals surface area (Å²) < 4.78 is 5.03. The van der Waals surface area contributed by atoms with Crippen molar-refractivity contribution >= 4 is 10.8 Å². The van der Waals surface area contributed by atoms with Gasteiger partial charge in [0.15, 0.2) is 0 Å². The van der Waals surface area contributed by atoms with E-state index in [0.717, 1.165) is 16.3 Å². The molecule has 0 spiro atoms. The highest BCUT2D eigenvalue weighted by molar-refractivity contribution is 5.86. The molecule has 2 aromatic carbocycles. The average Bonchev–Trinajstić information content (AvgIpc) is 2.46. The van der Waals surface area contributed by atoms with Gasteiger partial charge < -0.3 is 9.72 Å². The molecule has 0 unspecified atom stereocenters. The summed E-state index contributed by atoms with van der Waals surface area (Å²) in [6.07, 6.45) is 0. The van der Waals surface area contributed by atoms with Crippen LogP contribution in [0.25, 0.3) is 22.2 Å². The Labute approximate surface area is 116 Å². The maximum absolute atomic E-state index is 11.7. The van der Waals surface area contributed by atoms with Gasteiger partial charge in [-0.05, 0) is 16.8 Å². The maximum atomic E-state index is 11.7. The van der Waals surface area contributed by atoms with E-state index in [-0.39, 0.29) is 5.56 Å². The summed E-state index contributed by atoms with van der Waals surface area (Å²) in [6.45, 7) is 0.324. The molecule has 0 aliphatic heterocycles. The second-order valence-corrected chi connectivity index (χ2v) is 4.58. The fraction of sp³-hybridized carbons (Fsp3) is 0.125. The number of benzene rings is 2. The van der Waals surface area contributed by atoms with Crippen LogP contribution in [0, 0.1) is 0 Å². The molecule has 3 aromatic rings. The fourth-order valence-corrected chi connectivity index (χ4v) is 2.20. The van der Waals surface area contributed by atoms with Crippen LogP contribution in [0.15, 0.2) is 53.3 Å². The van der Waals surface area contributed by atoms with E-state index in [2.05, 4.69) is 16.0 Å². The molecule has 4 nitrogen and oxygen atoms in total. The van der Waals surface area contributed by atoms with Gasteiger partial charge in [0.05, 0.1) is 12.3 Å². The lowest BCUT2D eigenvalue weighted by molar-refractivity contribution is 0.181. The van der Waals surface area contributed by atoms with Crippen molar-refractivity contribution in [2.24, 2.45) is 0 Å². The summed E-state index contributed by atoms with van der Waals surface area (Å²) in [7, 11) is 1.58. The van der Waals surface area contributed by atoms with E-state index in [1.807, 2.05) is 36.4 Å². The minimum absolute atomic E-state index is 0.171. The van der Waals surface area contributed by atoms with Crippen LogP contribution in [-0.2, 0) is 11.3 Å². The summed E-state index contributed by atoms with van der Waals surface area (Å²) in [6, 6.07) is 15.5. The van der Waals surface area contributed by atoms with Gasteiger partial charge in [0.25, 0.3) is 5.56 Å². The Balaban J connectivity index is 2.12. The molecule has 0 saturated heterocycles. The zero-order valence-corrected chi connectivity index (χ0v) is 11.1. The van der Waals surface area contributed by atoms with Gasteiger partial charge in [-0.15, -0.1) is 0 Å². The van der Waals surface area contributed by atoms with Crippen LogP contribution in [0.3, 0.4) is 0 Å². The first-order chi connectivity index (χ1) is 9.76. The normalized spacial score (nSPS) is 10.8. The number of fused-ring (bicyclic) bond motifs is 1. The van der Waals surface area contributed by atoms with Crippen molar-refractivity contribution in [2.75, 3.05) is 7.11 Å².